The van der Waals surface area contributed by atoms with Gasteiger partial charge in [-0.1, -0.05) is 12.1 Å². The van der Waals surface area contributed by atoms with Crippen molar-refractivity contribution in [3.8, 4) is 11.5 Å². The van der Waals surface area contributed by atoms with Crippen LogP contribution in [-0.2, 0) is 17.9 Å². The van der Waals surface area contributed by atoms with Crippen molar-refractivity contribution < 1.29 is 14.3 Å². The van der Waals surface area contributed by atoms with E-state index in [-0.39, 0.29) is 12.5 Å². The number of amides is 1. The zero-order chi connectivity index (χ0) is 16.7. The summed E-state index contributed by atoms with van der Waals surface area (Å²) >= 11 is 1.65. The lowest BCUT2D eigenvalue weighted by Crippen LogP contribution is -2.35. The minimum atomic E-state index is -0.0653. The highest BCUT2D eigenvalue weighted by Gasteiger charge is 2.12. The Morgan fingerprint density at radius 3 is 2.74 bits per heavy atom. The first-order valence-electron chi connectivity index (χ1n) is 7.47. The van der Waals surface area contributed by atoms with E-state index in [2.05, 4.69) is 0 Å². The Hall–Kier alpha value is -2.05. The molecule has 0 bridgehead atoms. The zero-order valence-corrected chi connectivity index (χ0v) is 14.3. The van der Waals surface area contributed by atoms with E-state index in [1.165, 1.54) is 0 Å². The van der Waals surface area contributed by atoms with Gasteiger partial charge in [0.05, 0.1) is 13.7 Å². The number of carbonyl (C=O) groups excluding carboxylic acids is 1. The lowest BCUT2D eigenvalue weighted by atomic mass is 10.2. The quantitative estimate of drug-likeness (QED) is 0.806. The molecule has 1 amide bonds. The molecule has 124 valence electrons. The van der Waals surface area contributed by atoms with Gasteiger partial charge >= 0.3 is 0 Å². The summed E-state index contributed by atoms with van der Waals surface area (Å²) in [6, 6.07) is 9.75. The van der Waals surface area contributed by atoms with E-state index in [9.17, 15) is 4.79 Å². The Balaban J connectivity index is 2.07. The molecule has 23 heavy (non-hydrogen) atoms. The molecular formula is C17H22N2O3S. The number of carbonyl (C=O) groups is 1. The SMILES string of the molecule is CCN(Cc1ccc(OCc2cccs2)c(OC)c1)C(=O)CN. The highest BCUT2D eigenvalue weighted by molar-refractivity contribution is 7.09. The van der Waals surface area contributed by atoms with Gasteiger partial charge in [0.2, 0.25) is 5.91 Å². The molecule has 0 unspecified atom stereocenters. The molecule has 2 rings (SSSR count). The van der Waals surface area contributed by atoms with Crippen molar-refractivity contribution in [2.45, 2.75) is 20.1 Å². The van der Waals surface area contributed by atoms with Crippen LogP contribution in [0.4, 0.5) is 0 Å². The molecule has 1 heterocycles. The average molecular weight is 334 g/mol. The molecule has 2 N–H and O–H groups in total. The number of benzene rings is 1. The Kier molecular flexibility index (Phi) is 6.43. The Bertz CT molecular complexity index is 629. The van der Waals surface area contributed by atoms with E-state index in [1.54, 1.807) is 23.3 Å². The van der Waals surface area contributed by atoms with Crippen molar-refractivity contribution in [3.63, 3.8) is 0 Å². The van der Waals surface area contributed by atoms with Crippen LogP contribution >= 0.6 is 11.3 Å². The van der Waals surface area contributed by atoms with Crippen LogP contribution in [0.1, 0.15) is 17.4 Å². The fourth-order valence-corrected chi connectivity index (χ4v) is 2.82. The molecule has 0 spiro atoms. The summed E-state index contributed by atoms with van der Waals surface area (Å²) < 4.78 is 11.2. The second kappa shape index (κ2) is 8.55. The summed E-state index contributed by atoms with van der Waals surface area (Å²) in [5.41, 5.74) is 6.41. The number of hydrogen-bond donors (Lipinski definition) is 1. The molecule has 5 nitrogen and oxygen atoms in total. The van der Waals surface area contributed by atoms with Crippen LogP contribution in [0.15, 0.2) is 35.7 Å². The smallest absolute Gasteiger partial charge is 0.236 e. The third-order valence-corrected chi connectivity index (χ3v) is 4.31. The van der Waals surface area contributed by atoms with Crippen LogP contribution in [0, 0.1) is 0 Å². The predicted molar refractivity (Wildman–Crippen MR) is 91.8 cm³/mol. The summed E-state index contributed by atoms with van der Waals surface area (Å²) in [7, 11) is 1.61. The molecule has 1 aromatic heterocycles. The maximum absolute atomic E-state index is 11.7. The lowest BCUT2D eigenvalue weighted by Gasteiger charge is -2.21. The largest absolute Gasteiger partial charge is 0.493 e. The molecule has 0 aliphatic carbocycles. The van der Waals surface area contributed by atoms with Gasteiger partial charge in [-0.15, -0.1) is 11.3 Å². The molecule has 2 aromatic rings. The molecular weight excluding hydrogens is 312 g/mol. The number of likely N-dealkylation sites (N-methyl/N-ethyl adjacent to an activating group) is 1. The van der Waals surface area contributed by atoms with Crippen molar-refractivity contribution in [3.05, 3.63) is 46.2 Å². The zero-order valence-electron chi connectivity index (χ0n) is 13.5. The second-order valence-corrected chi connectivity index (χ2v) is 6.00. The maximum Gasteiger partial charge on any atom is 0.236 e. The van der Waals surface area contributed by atoms with Crippen LogP contribution in [0.3, 0.4) is 0 Å². The Morgan fingerprint density at radius 2 is 2.13 bits per heavy atom. The maximum atomic E-state index is 11.7. The van der Waals surface area contributed by atoms with Crippen LogP contribution in [0.5, 0.6) is 11.5 Å². The first-order chi connectivity index (χ1) is 11.2. The van der Waals surface area contributed by atoms with E-state index in [0.29, 0.717) is 31.2 Å². The number of thiophene rings is 1. The van der Waals surface area contributed by atoms with Crippen LogP contribution in [0.25, 0.3) is 0 Å². The van der Waals surface area contributed by atoms with E-state index in [1.807, 2.05) is 42.6 Å². The number of nitrogens with two attached hydrogens (primary N) is 1. The second-order valence-electron chi connectivity index (χ2n) is 4.97. The normalized spacial score (nSPS) is 10.4. The first-order valence-corrected chi connectivity index (χ1v) is 8.35. The van der Waals surface area contributed by atoms with Gasteiger partial charge in [-0.2, -0.15) is 0 Å². The molecule has 0 fully saturated rings. The number of rotatable bonds is 8. The van der Waals surface area contributed by atoms with Gasteiger partial charge in [-0.25, -0.2) is 0 Å². The van der Waals surface area contributed by atoms with Gasteiger partial charge in [-0.05, 0) is 36.1 Å². The standard InChI is InChI=1S/C17H22N2O3S/c1-3-19(17(20)10-18)11-13-6-7-15(16(9-13)21-2)22-12-14-5-4-8-23-14/h4-9H,3,10-12,18H2,1-2H3. The molecule has 1 aromatic carbocycles. The molecule has 0 saturated carbocycles. The van der Waals surface area contributed by atoms with E-state index in [4.69, 9.17) is 15.2 Å². The summed E-state index contributed by atoms with van der Waals surface area (Å²) in [4.78, 5) is 14.6. The highest BCUT2D eigenvalue weighted by atomic mass is 32.1. The van der Waals surface area contributed by atoms with Gasteiger partial charge in [0.25, 0.3) is 0 Å². The third-order valence-electron chi connectivity index (χ3n) is 3.46. The minimum absolute atomic E-state index is 0.0208. The highest BCUT2D eigenvalue weighted by Crippen LogP contribution is 2.29. The fourth-order valence-electron chi connectivity index (χ4n) is 2.20. The molecule has 0 aliphatic rings. The number of methoxy groups -OCH3 is 1. The van der Waals surface area contributed by atoms with Gasteiger partial charge in [0, 0.05) is 18.0 Å². The third kappa shape index (κ3) is 4.71. The molecule has 0 atom stereocenters. The van der Waals surface area contributed by atoms with Gasteiger partial charge in [-0.3, -0.25) is 4.79 Å². The van der Waals surface area contributed by atoms with Gasteiger partial charge in [0.1, 0.15) is 6.61 Å². The first kappa shape index (κ1) is 17.3. The molecule has 0 saturated heterocycles. The number of ether oxygens (including phenoxy) is 2. The van der Waals surface area contributed by atoms with Gasteiger partial charge in [0.15, 0.2) is 11.5 Å². The van der Waals surface area contributed by atoms with Crippen molar-refractivity contribution in [1.82, 2.24) is 4.90 Å². The summed E-state index contributed by atoms with van der Waals surface area (Å²) in [6.07, 6.45) is 0. The fraction of sp³-hybridized carbons (Fsp3) is 0.353. The molecule has 0 radical (unpaired) electrons. The van der Waals surface area contributed by atoms with Crippen molar-refractivity contribution in [2.24, 2.45) is 5.73 Å². The number of hydrogen-bond acceptors (Lipinski definition) is 5. The van der Waals surface area contributed by atoms with E-state index < -0.39 is 0 Å². The molecule has 0 aliphatic heterocycles. The van der Waals surface area contributed by atoms with Crippen LogP contribution < -0.4 is 15.2 Å². The average Bonchev–Trinajstić information content (AvgIpc) is 3.11. The number of nitrogens with zero attached hydrogens (tertiary/aromatic N) is 1. The van der Waals surface area contributed by atoms with Crippen molar-refractivity contribution in [2.75, 3.05) is 20.2 Å². The minimum Gasteiger partial charge on any atom is -0.493 e. The summed E-state index contributed by atoms with van der Waals surface area (Å²) in [5.74, 6) is 1.29. The topological polar surface area (TPSA) is 64.8 Å². The Labute approximate surface area is 140 Å². The van der Waals surface area contributed by atoms with Gasteiger partial charge < -0.3 is 20.1 Å². The monoisotopic (exact) mass is 334 g/mol. The summed E-state index contributed by atoms with van der Waals surface area (Å²) in [6.45, 7) is 3.60. The summed E-state index contributed by atoms with van der Waals surface area (Å²) in [5, 5.41) is 2.02. The Morgan fingerprint density at radius 1 is 1.30 bits per heavy atom. The lowest BCUT2D eigenvalue weighted by molar-refractivity contribution is -0.130. The molecule has 6 heteroatoms. The van der Waals surface area contributed by atoms with Crippen LogP contribution in [0.2, 0.25) is 0 Å². The van der Waals surface area contributed by atoms with Crippen molar-refractivity contribution >= 4 is 17.2 Å². The van der Waals surface area contributed by atoms with E-state index in [0.717, 1.165) is 10.4 Å². The predicted octanol–water partition coefficient (Wildman–Crippen LogP) is 2.64. The van der Waals surface area contributed by atoms with E-state index >= 15 is 0 Å². The van der Waals surface area contributed by atoms with Crippen LogP contribution in [-0.4, -0.2) is 31.0 Å². The van der Waals surface area contributed by atoms with Crippen molar-refractivity contribution in [1.29, 1.82) is 0 Å².